The van der Waals surface area contributed by atoms with Crippen molar-refractivity contribution >= 4 is 21.9 Å². The topological polar surface area (TPSA) is 37.3 Å². The molecular formula is C8H11BrO2. The van der Waals surface area contributed by atoms with Gasteiger partial charge in [0.25, 0.3) is 0 Å². The Labute approximate surface area is 75.1 Å². The van der Waals surface area contributed by atoms with Crippen molar-refractivity contribution in [3.63, 3.8) is 0 Å². The van der Waals surface area contributed by atoms with Crippen molar-refractivity contribution in [3.8, 4) is 0 Å². The lowest BCUT2D eigenvalue weighted by molar-refractivity contribution is -0.132. The molecule has 0 rings (SSSR count). The summed E-state index contributed by atoms with van der Waals surface area (Å²) in [6, 6.07) is 0. The normalized spacial score (nSPS) is 9.45. The number of rotatable bonds is 2. The minimum atomic E-state index is -0.959. The fourth-order valence-corrected chi connectivity index (χ4v) is 0.795. The second-order valence-electron chi connectivity index (χ2n) is 1.41. The van der Waals surface area contributed by atoms with Crippen molar-refractivity contribution in [2.45, 2.75) is 6.92 Å². The van der Waals surface area contributed by atoms with E-state index in [4.69, 9.17) is 5.11 Å². The lowest BCUT2D eigenvalue weighted by atomic mass is 10.2. The summed E-state index contributed by atoms with van der Waals surface area (Å²) in [6.07, 6.45) is 1.49. The number of hydrogen-bond acceptors (Lipinski definition) is 1. The minimum Gasteiger partial charge on any atom is -0.478 e. The largest absolute Gasteiger partial charge is 0.478 e. The van der Waals surface area contributed by atoms with Crippen LogP contribution in [0.1, 0.15) is 6.92 Å². The summed E-state index contributed by atoms with van der Waals surface area (Å²) in [5, 5.41) is 8.38. The Morgan fingerprint density at radius 1 is 1.55 bits per heavy atom. The Kier molecular flexibility index (Phi) is 8.48. The highest BCUT2D eigenvalue weighted by molar-refractivity contribution is 9.12. The van der Waals surface area contributed by atoms with Crippen LogP contribution in [0.25, 0.3) is 0 Å². The molecule has 11 heavy (non-hydrogen) atoms. The van der Waals surface area contributed by atoms with Gasteiger partial charge in [-0.15, -0.1) is 13.2 Å². The number of allylic oxidation sites excluding steroid dienone is 1. The van der Waals surface area contributed by atoms with Gasteiger partial charge in [-0.1, -0.05) is 28.6 Å². The van der Waals surface area contributed by atoms with Crippen LogP contribution in [0.5, 0.6) is 0 Å². The van der Waals surface area contributed by atoms with Crippen molar-refractivity contribution in [2.75, 3.05) is 0 Å². The summed E-state index contributed by atoms with van der Waals surface area (Å²) in [5.74, 6) is -0.959. The highest BCUT2D eigenvalue weighted by atomic mass is 79.9. The van der Waals surface area contributed by atoms with Crippen LogP contribution in [0.2, 0.25) is 0 Å². The van der Waals surface area contributed by atoms with Crippen LogP contribution in [0, 0.1) is 0 Å². The molecule has 0 unspecified atom stereocenters. The van der Waals surface area contributed by atoms with E-state index in [1.54, 1.807) is 6.92 Å². The zero-order valence-corrected chi connectivity index (χ0v) is 8.02. The van der Waals surface area contributed by atoms with E-state index < -0.39 is 5.97 Å². The summed E-state index contributed by atoms with van der Waals surface area (Å²) < 4.78 is 0.400. The van der Waals surface area contributed by atoms with Crippen LogP contribution in [0.3, 0.4) is 0 Å². The van der Waals surface area contributed by atoms with Gasteiger partial charge in [-0.3, -0.25) is 0 Å². The molecule has 0 aromatic carbocycles. The molecule has 0 atom stereocenters. The molecule has 0 spiro atoms. The van der Waals surface area contributed by atoms with E-state index in [-0.39, 0.29) is 5.57 Å². The van der Waals surface area contributed by atoms with Crippen molar-refractivity contribution in [3.05, 3.63) is 35.9 Å². The van der Waals surface area contributed by atoms with E-state index >= 15 is 0 Å². The lowest BCUT2D eigenvalue weighted by Gasteiger charge is -1.94. The molecule has 0 saturated heterocycles. The zero-order chi connectivity index (χ0) is 9.44. The second-order valence-corrected chi connectivity index (χ2v) is 2.37. The first kappa shape index (κ1) is 12.8. The molecule has 0 aliphatic heterocycles. The third-order valence-corrected chi connectivity index (χ3v) is 1.24. The molecule has 0 saturated carbocycles. The van der Waals surface area contributed by atoms with E-state index in [1.165, 1.54) is 6.08 Å². The van der Waals surface area contributed by atoms with Crippen molar-refractivity contribution in [1.82, 2.24) is 0 Å². The maximum atomic E-state index is 10.2. The van der Waals surface area contributed by atoms with Gasteiger partial charge in [0, 0.05) is 4.48 Å². The van der Waals surface area contributed by atoms with Gasteiger partial charge >= 0.3 is 5.97 Å². The van der Waals surface area contributed by atoms with E-state index in [1.807, 2.05) is 0 Å². The third kappa shape index (κ3) is 5.61. The van der Waals surface area contributed by atoms with Gasteiger partial charge in [0.1, 0.15) is 0 Å². The first-order chi connectivity index (χ1) is 5.09. The number of aliphatic carboxylic acids is 1. The molecule has 0 fully saturated rings. The molecule has 0 radical (unpaired) electrons. The lowest BCUT2D eigenvalue weighted by Crippen LogP contribution is -1.98. The van der Waals surface area contributed by atoms with Gasteiger partial charge in [-0.2, -0.15) is 0 Å². The Hall–Kier alpha value is -0.830. The number of hydrogen-bond donors (Lipinski definition) is 1. The highest BCUT2D eigenvalue weighted by Gasteiger charge is 2.05. The van der Waals surface area contributed by atoms with Gasteiger partial charge in [-0.25, -0.2) is 4.79 Å². The van der Waals surface area contributed by atoms with Gasteiger partial charge < -0.3 is 5.11 Å². The number of carboxylic acids is 1. The van der Waals surface area contributed by atoms with Crippen molar-refractivity contribution in [2.24, 2.45) is 0 Å². The molecule has 0 aromatic heterocycles. The maximum absolute atomic E-state index is 10.2. The standard InChI is InChI=1S/C6H7BrO2.C2H4/c1-3-5(4(2)7)6(8)9;1-2/h3H,2H2,1H3,(H,8,9);1-2H2/b5-3+;. The van der Waals surface area contributed by atoms with E-state index in [0.717, 1.165) is 0 Å². The summed E-state index contributed by atoms with van der Waals surface area (Å²) in [4.78, 5) is 10.2. The van der Waals surface area contributed by atoms with Crippen LogP contribution in [0.4, 0.5) is 0 Å². The number of halogens is 1. The summed E-state index contributed by atoms with van der Waals surface area (Å²) in [5.41, 5.74) is 0.204. The predicted octanol–water partition coefficient (Wildman–Crippen LogP) is 2.73. The zero-order valence-electron chi connectivity index (χ0n) is 6.43. The average Bonchev–Trinajstić information content (AvgIpc) is 1.91. The van der Waals surface area contributed by atoms with Crippen LogP contribution >= 0.6 is 15.9 Å². The minimum absolute atomic E-state index is 0.204. The van der Waals surface area contributed by atoms with Gasteiger partial charge in [0.15, 0.2) is 0 Å². The maximum Gasteiger partial charge on any atom is 0.336 e. The molecule has 0 aliphatic rings. The van der Waals surface area contributed by atoms with Crippen molar-refractivity contribution in [1.29, 1.82) is 0 Å². The van der Waals surface area contributed by atoms with Crippen LogP contribution < -0.4 is 0 Å². The fourth-order valence-electron chi connectivity index (χ4n) is 0.396. The Bertz CT molecular complexity index is 167. The molecule has 3 heteroatoms. The molecule has 1 N–H and O–H groups in total. The van der Waals surface area contributed by atoms with E-state index in [9.17, 15) is 4.79 Å². The van der Waals surface area contributed by atoms with Gasteiger partial charge in [0.2, 0.25) is 0 Å². The average molecular weight is 219 g/mol. The van der Waals surface area contributed by atoms with Crippen LogP contribution in [0.15, 0.2) is 35.9 Å². The Morgan fingerprint density at radius 3 is 1.91 bits per heavy atom. The highest BCUT2D eigenvalue weighted by Crippen LogP contribution is 2.13. The summed E-state index contributed by atoms with van der Waals surface area (Å²) in [6.45, 7) is 11.1. The molecular weight excluding hydrogens is 208 g/mol. The molecule has 0 amide bonds. The quantitative estimate of drug-likeness (QED) is 0.440. The first-order valence-corrected chi connectivity index (χ1v) is 3.63. The van der Waals surface area contributed by atoms with Crippen molar-refractivity contribution < 1.29 is 9.90 Å². The van der Waals surface area contributed by atoms with Gasteiger partial charge in [0.05, 0.1) is 5.57 Å². The fraction of sp³-hybridized carbons (Fsp3) is 0.125. The molecule has 0 aliphatic carbocycles. The monoisotopic (exact) mass is 218 g/mol. The second kappa shape index (κ2) is 7.28. The SMILES string of the molecule is C=C.C=C(Br)/C(=C\C)C(=O)O. The molecule has 2 nitrogen and oxygen atoms in total. The molecule has 0 bridgehead atoms. The number of carbonyl (C=O) groups is 1. The summed E-state index contributed by atoms with van der Waals surface area (Å²) in [7, 11) is 0. The van der Waals surface area contributed by atoms with Crippen LogP contribution in [-0.4, -0.2) is 11.1 Å². The van der Waals surface area contributed by atoms with Crippen LogP contribution in [-0.2, 0) is 4.79 Å². The predicted molar refractivity (Wildman–Crippen MR) is 50.7 cm³/mol. The molecule has 62 valence electrons. The van der Waals surface area contributed by atoms with Gasteiger partial charge in [-0.05, 0) is 6.92 Å². The smallest absolute Gasteiger partial charge is 0.336 e. The summed E-state index contributed by atoms with van der Waals surface area (Å²) >= 11 is 2.96. The molecule has 0 aromatic rings. The Balaban J connectivity index is 0. The van der Waals surface area contributed by atoms with E-state index in [0.29, 0.717) is 4.48 Å². The van der Waals surface area contributed by atoms with E-state index in [2.05, 4.69) is 35.7 Å². The first-order valence-electron chi connectivity index (χ1n) is 2.84. The Morgan fingerprint density at radius 2 is 1.91 bits per heavy atom. The number of carboxylic acid groups (broad SMARTS) is 1. The molecule has 0 heterocycles. The third-order valence-electron chi connectivity index (χ3n) is 0.811.